The van der Waals surface area contributed by atoms with Crippen LogP contribution in [0.2, 0.25) is 0 Å². The predicted octanol–water partition coefficient (Wildman–Crippen LogP) is 1.86. The first-order valence-corrected chi connectivity index (χ1v) is 8.81. The molecular weight excluding hydrogens is 282 g/mol. The van der Waals surface area contributed by atoms with E-state index in [2.05, 4.69) is 19.2 Å². The molecule has 108 valence electrons. The van der Waals surface area contributed by atoms with Crippen molar-refractivity contribution in [1.29, 1.82) is 0 Å². The van der Waals surface area contributed by atoms with E-state index < -0.39 is 10.0 Å². The molecule has 1 unspecified atom stereocenters. The van der Waals surface area contributed by atoms with Gasteiger partial charge in [0.05, 0.1) is 5.69 Å². The van der Waals surface area contributed by atoms with Crippen molar-refractivity contribution in [1.82, 2.24) is 0 Å². The SMILES string of the molecule is CCSCCC(C)Nc1ccc(S(N)(=O)=O)c(N)c1. The molecule has 0 aliphatic carbocycles. The smallest absolute Gasteiger partial charge is 0.240 e. The molecule has 0 bridgehead atoms. The Labute approximate surface area is 119 Å². The summed E-state index contributed by atoms with van der Waals surface area (Å²) in [6.45, 7) is 4.22. The van der Waals surface area contributed by atoms with E-state index in [4.69, 9.17) is 10.9 Å². The van der Waals surface area contributed by atoms with Crippen LogP contribution in [0.1, 0.15) is 20.3 Å². The minimum atomic E-state index is -3.75. The summed E-state index contributed by atoms with van der Waals surface area (Å²) in [7, 11) is -3.75. The number of sulfonamides is 1. The standard InChI is InChI=1S/C12H21N3O2S2/c1-3-18-7-6-9(2)15-10-4-5-12(11(13)8-10)19(14,16)17/h4-5,8-9,15H,3,6-7,13H2,1-2H3,(H2,14,16,17). The molecule has 19 heavy (non-hydrogen) atoms. The second-order valence-corrected chi connectivity index (χ2v) is 7.25. The monoisotopic (exact) mass is 303 g/mol. The molecule has 1 atom stereocenters. The highest BCUT2D eigenvalue weighted by atomic mass is 32.2. The lowest BCUT2D eigenvalue weighted by Crippen LogP contribution is -2.17. The van der Waals surface area contributed by atoms with Crippen molar-refractivity contribution >= 4 is 33.2 Å². The Balaban J connectivity index is 2.69. The summed E-state index contributed by atoms with van der Waals surface area (Å²) < 4.78 is 22.5. The summed E-state index contributed by atoms with van der Waals surface area (Å²) in [5.41, 5.74) is 6.68. The van der Waals surface area contributed by atoms with Crippen molar-refractivity contribution in [2.24, 2.45) is 5.14 Å². The highest BCUT2D eigenvalue weighted by Crippen LogP contribution is 2.22. The summed E-state index contributed by atoms with van der Waals surface area (Å²) in [5.74, 6) is 2.21. The summed E-state index contributed by atoms with van der Waals surface area (Å²) in [6, 6.07) is 5.02. The molecule has 0 amide bonds. The molecule has 0 spiro atoms. The number of benzene rings is 1. The average Bonchev–Trinajstić information content (AvgIpc) is 2.27. The van der Waals surface area contributed by atoms with E-state index in [1.165, 1.54) is 6.07 Å². The number of hydrogen-bond acceptors (Lipinski definition) is 5. The third kappa shape index (κ3) is 5.30. The fourth-order valence-electron chi connectivity index (χ4n) is 1.66. The largest absolute Gasteiger partial charge is 0.398 e. The van der Waals surface area contributed by atoms with Crippen LogP contribution in [0.3, 0.4) is 0 Å². The van der Waals surface area contributed by atoms with Crippen LogP contribution in [0.25, 0.3) is 0 Å². The lowest BCUT2D eigenvalue weighted by Gasteiger charge is -2.16. The topological polar surface area (TPSA) is 98.2 Å². The average molecular weight is 303 g/mol. The van der Waals surface area contributed by atoms with Gasteiger partial charge in [0, 0.05) is 11.7 Å². The Morgan fingerprint density at radius 2 is 2.11 bits per heavy atom. The van der Waals surface area contributed by atoms with Gasteiger partial charge in [-0.05, 0) is 43.0 Å². The molecule has 7 heteroatoms. The van der Waals surface area contributed by atoms with E-state index in [0.717, 1.165) is 23.6 Å². The maximum absolute atomic E-state index is 11.2. The van der Waals surface area contributed by atoms with Gasteiger partial charge in [0.1, 0.15) is 4.90 Å². The van der Waals surface area contributed by atoms with Crippen LogP contribution in [0.15, 0.2) is 23.1 Å². The molecule has 5 nitrogen and oxygen atoms in total. The van der Waals surface area contributed by atoms with Crippen LogP contribution < -0.4 is 16.2 Å². The van der Waals surface area contributed by atoms with E-state index in [9.17, 15) is 8.42 Å². The Bertz CT molecular complexity index is 518. The number of rotatable bonds is 7. The third-order valence-corrected chi connectivity index (χ3v) is 4.55. The maximum Gasteiger partial charge on any atom is 0.240 e. The predicted molar refractivity (Wildman–Crippen MR) is 82.9 cm³/mol. The fourth-order valence-corrected chi connectivity index (χ4v) is 3.11. The molecule has 0 aromatic heterocycles. The van der Waals surface area contributed by atoms with E-state index in [1.807, 2.05) is 11.8 Å². The molecule has 1 rings (SSSR count). The molecule has 5 N–H and O–H groups in total. The first-order valence-electron chi connectivity index (χ1n) is 6.11. The lowest BCUT2D eigenvalue weighted by atomic mass is 10.2. The van der Waals surface area contributed by atoms with Crippen LogP contribution in [-0.2, 0) is 10.0 Å². The summed E-state index contributed by atoms with van der Waals surface area (Å²) in [6.07, 6.45) is 1.04. The van der Waals surface area contributed by atoms with E-state index in [-0.39, 0.29) is 10.6 Å². The number of nitrogens with two attached hydrogens (primary N) is 2. The van der Waals surface area contributed by atoms with Gasteiger partial charge in [0.25, 0.3) is 0 Å². The molecule has 0 radical (unpaired) electrons. The molecular formula is C12H21N3O2S2. The maximum atomic E-state index is 11.2. The van der Waals surface area contributed by atoms with Crippen LogP contribution in [0.4, 0.5) is 11.4 Å². The molecule has 0 saturated carbocycles. The molecule has 0 aliphatic rings. The molecule has 1 aromatic carbocycles. The molecule has 0 saturated heterocycles. The van der Waals surface area contributed by atoms with Gasteiger partial charge in [0.2, 0.25) is 10.0 Å². The Kier molecular flexibility index (Phi) is 5.96. The summed E-state index contributed by atoms with van der Waals surface area (Å²) in [5, 5.41) is 8.35. The first-order chi connectivity index (χ1) is 8.84. The Morgan fingerprint density at radius 1 is 1.42 bits per heavy atom. The number of nitrogen functional groups attached to an aromatic ring is 1. The summed E-state index contributed by atoms with van der Waals surface area (Å²) >= 11 is 1.90. The van der Waals surface area contributed by atoms with Gasteiger partial charge in [0.15, 0.2) is 0 Å². The Morgan fingerprint density at radius 3 is 2.63 bits per heavy atom. The zero-order valence-electron chi connectivity index (χ0n) is 11.2. The highest BCUT2D eigenvalue weighted by Gasteiger charge is 2.12. The van der Waals surface area contributed by atoms with E-state index >= 15 is 0 Å². The second kappa shape index (κ2) is 7.02. The van der Waals surface area contributed by atoms with Crippen molar-refractivity contribution in [3.05, 3.63) is 18.2 Å². The fraction of sp³-hybridized carbons (Fsp3) is 0.500. The van der Waals surface area contributed by atoms with Gasteiger partial charge >= 0.3 is 0 Å². The summed E-state index contributed by atoms with van der Waals surface area (Å²) in [4.78, 5) is -0.0350. The van der Waals surface area contributed by atoms with Gasteiger partial charge in [-0.1, -0.05) is 6.92 Å². The van der Waals surface area contributed by atoms with Gasteiger partial charge in [-0.2, -0.15) is 11.8 Å². The number of nitrogens with one attached hydrogen (secondary N) is 1. The quantitative estimate of drug-likeness (QED) is 0.527. The minimum Gasteiger partial charge on any atom is -0.398 e. The van der Waals surface area contributed by atoms with Crippen LogP contribution >= 0.6 is 11.8 Å². The Hall–Kier alpha value is -0.920. The van der Waals surface area contributed by atoms with Gasteiger partial charge < -0.3 is 11.1 Å². The molecule has 0 heterocycles. The van der Waals surface area contributed by atoms with Crippen molar-refractivity contribution in [3.63, 3.8) is 0 Å². The second-order valence-electron chi connectivity index (χ2n) is 4.33. The molecule has 0 aliphatic heterocycles. The number of primary sulfonamides is 1. The van der Waals surface area contributed by atoms with Gasteiger partial charge in [-0.15, -0.1) is 0 Å². The number of thioether (sulfide) groups is 1. The number of anilines is 2. The zero-order valence-corrected chi connectivity index (χ0v) is 12.9. The van der Waals surface area contributed by atoms with E-state index in [1.54, 1.807) is 12.1 Å². The first kappa shape index (κ1) is 16.1. The van der Waals surface area contributed by atoms with Crippen molar-refractivity contribution in [2.75, 3.05) is 22.6 Å². The third-order valence-electron chi connectivity index (χ3n) is 2.63. The van der Waals surface area contributed by atoms with Gasteiger partial charge in [-0.3, -0.25) is 0 Å². The lowest BCUT2D eigenvalue weighted by molar-refractivity contribution is 0.598. The zero-order chi connectivity index (χ0) is 14.5. The van der Waals surface area contributed by atoms with Crippen LogP contribution in [0.5, 0.6) is 0 Å². The van der Waals surface area contributed by atoms with Crippen molar-refractivity contribution in [3.8, 4) is 0 Å². The number of hydrogen-bond donors (Lipinski definition) is 3. The molecule has 1 aromatic rings. The van der Waals surface area contributed by atoms with Crippen LogP contribution in [-0.4, -0.2) is 26.0 Å². The normalized spacial score (nSPS) is 13.2. The van der Waals surface area contributed by atoms with E-state index in [0.29, 0.717) is 6.04 Å². The van der Waals surface area contributed by atoms with Gasteiger partial charge in [-0.25, -0.2) is 13.6 Å². The van der Waals surface area contributed by atoms with Crippen LogP contribution in [0, 0.1) is 0 Å². The molecule has 0 fully saturated rings. The van der Waals surface area contributed by atoms with Crippen molar-refractivity contribution in [2.45, 2.75) is 31.2 Å². The van der Waals surface area contributed by atoms with Crippen molar-refractivity contribution < 1.29 is 8.42 Å². The highest BCUT2D eigenvalue weighted by molar-refractivity contribution is 7.99. The minimum absolute atomic E-state index is 0.0350.